The van der Waals surface area contributed by atoms with Gasteiger partial charge >= 0.3 is 6.43 Å². The molecule has 1 N–H and O–H groups in total. The molecule has 0 aliphatic carbocycles. The van der Waals surface area contributed by atoms with E-state index in [4.69, 9.17) is 9.15 Å². The lowest BCUT2D eigenvalue weighted by molar-refractivity contribution is 0.0306. The standard InChI is InChI=1S/C13H20N2O3S.C8H5F2N3O/c1-2-13(15-8-10-18-11-9-15)19(16,17)14-12-6-4-3-5-7-12;9-6(10)8-13-12-7(14-8)5-2-1-3-11-4-5/h3-7,13-14H,2,8-11H2,1H3;1-4,6H. The smallest absolute Gasteiger partial charge is 0.314 e. The molecule has 33 heavy (non-hydrogen) atoms. The molecule has 1 aliphatic rings. The molecule has 3 aromatic rings. The highest BCUT2D eigenvalue weighted by Crippen LogP contribution is 2.22. The van der Waals surface area contributed by atoms with E-state index < -0.39 is 27.7 Å². The van der Waals surface area contributed by atoms with Crippen molar-refractivity contribution >= 4 is 15.7 Å². The highest BCUT2D eigenvalue weighted by Gasteiger charge is 2.31. The van der Waals surface area contributed by atoms with Crippen LogP contribution in [0, 0.1) is 0 Å². The lowest BCUT2D eigenvalue weighted by Crippen LogP contribution is -2.48. The van der Waals surface area contributed by atoms with Crippen LogP contribution in [0.25, 0.3) is 11.5 Å². The third-order valence-corrected chi connectivity index (χ3v) is 6.60. The molecule has 0 amide bonds. The van der Waals surface area contributed by atoms with E-state index in [1.807, 2.05) is 30.0 Å². The number of nitrogens with zero attached hydrogens (tertiary/aromatic N) is 4. The summed E-state index contributed by atoms with van der Waals surface area (Å²) in [5.74, 6) is -0.628. The largest absolute Gasteiger partial charge is 0.415 e. The van der Waals surface area contributed by atoms with Crippen LogP contribution in [0.2, 0.25) is 0 Å². The Kier molecular flexibility index (Phi) is 8.80. The number of rotatable bonds is 7. The van der Waals surface area contributed by atoms with Crippen molar-refractivity contribution in [2.75, 3.05) is 31.0 Å². The van der Waals surface area contributed by atoms with Gasteiger partial charge in [-0.2, -0.15) is 8.78 Å². The second-order valence-corrected chi connectivity index (χ2v) is 8.85. The number of benzene rings is 1. The fraction of sp³-hybridized carbons (Fsp3) is 0.381. The van der Waals surface area contributed by atoms with Crippen molar-refractivity contribution in [3.8, 4) is 11.5 Å². The van der Waals surface area contributed by atoms with E-state index in [0.29, 0.717) is 44.0 Å². The molecule has 1 saturated heterocycles. The van der Waals surface area contributed by atoms with Crippen LogP contribution < -0.4 is 4.72 Å². The van der Waals surface area contributed by atoms with Crippen LogP contribution in [0.5, 0.6) is 0 Å². The minimum atomic E-state index is -3.40. The summed E-state index contributed by atoms with van der Waals surface area (Å²) in [5.41, 5.74) is 1.13. The van der Waals surface area contributed by atoms with Crippen LogP contribution in [0.3, 0.4) is 0 Å². The molecule has 3 heterocycles. The Labute approximate surface area is 190 Å². The summed E-state index contributed by atoms with van der Waals surface area (Å²) in [6, 6.07) is 12.3. The van der Waals surface area contributed by atoms with E-state index in [0.717, 1.165) is 0 Å². The number of morpholine rings is 1. The van der Waals surface area contributed by atoms with Crippen molar-refractivity contribution in [3.63, 3.8) is 0 Å². The number of ether oxygens (including phenoxy) is 1. The number of hydrogen-bond acceptors (Lipinski definition) is 8. The second kappa shape index (κ2) is 11.8. The summed E-state index contributed by atoms with van der Waals surface area (Å²) in [4.78, 5) is 5.77. The maximum absolute atomic E-state index is 12.4. The van der Waals surface area contributed by atoms with Crippen LogP contribution in [-0.2, 0) is 14.8 Å². The monoisotopic (exact) mass is 481 g/mol. The number of sulfonamides is 1. The first-order chi connectivity index (χ1) is 15.9. The van der Waals surface area contributed by atoms with Crippen molar-refractivity contribution in [1.82, 2.24) is 20.1 Å². The van der Waals surface area contributed by atoms with Crippen molar-refractivity contribution in [3.05, 3.63) is 60.7 Å². The summed E-state index contributed by atoms with van der Waals surface area (Å²) in [5, 5.41) is 6.17. The summed E-state index contributed by atoms with van der Waals surface area (Å²) in [6.45, 7) is 4.40. The van der Waals surface area contributed by atoms with Gasteiger partial charge in [-0.15, -0.1) is 10.2 Å². The fourth-order valence-electron chi connectivity index (χ4n) is 3.21. The van der Waals surface area contributed by atoms with E-state index in [1.165, 1.54) is 6.20 Å². The molecule has 9 nitrogen and oxygen atoms in total. The summed E-state index contributed by atoms with van der Waals surface area (Å²) in [7, 11) is -3.40. The number of alkyl halides is 2. The molecule has 1 unspecified atom stereocenters. The van der Waals surface area contributed by atoms with Gasteiger partial charge in [-0.05, 0) is 30.7 Å². The Balaban J connectivity index is 0.000000194. The average molecular weight is 482 g/mol. The molecule has 0 saturated carbocycles. The number of pyridine rings is 1. The Bertz CT molecular complexity index is 1080. The zero-order valence-electron chi connectivity index (χ0n) is 18.0. The Morgan fingerprint density at radius 3 is 2.39 bits per heavy atom. The van der Waals surface area contributed by atoms with Gasteiger partial charge in [0.15, 0.2) is 0 Å². The molecule has 1 fully saturated rings. The zero-order chi connectivity index (χ0) is 23.7. The van der Waals surface area contributed by atoms with Crippen LogP contribution in [0.1, 0.15) is 25.7 Å². The third kappa shape index (κ3) is 7.01. The molecule has 2 aromatic heterocycles. The molecule has 1 aliphatic heterocycles. The van der Waals surface area contributed by atoms with Gasteiger partial charge in [0.2, 0.25) is 15.9 Å². The van der Waals surface area contributed by atoms with E-state index in [9.17, 15) is 17.2 Å². The first kappa shape index (κ1) is 24.7. The van der Waals surface area contributed by atoms with Gasteiger partial charge in [-0.3, -0.25) is 14.6 Å². The number of nitrogens with one attached hydrogen (secondary N) is 1. The lowest BCUT2D eigenvalue weighted by Gasteiger charge is -2.33. The van der Waals surface area contributed by atoms with Gasteiger partial charge in [-0.25, -0.2) is 8.42 Å². The van der Waals surface area contributed by atoms with Crippen LogP contribution in [-0.4, -0.2) is 60.2 Å². The normalized spacial score (nSPS) is 15.5. The van der Waals surface area contributed by atoms with Gasteiger partial charge in [0, 0.05) is 31.2 Å². The number of halogens is 2. The molecular weight excluding hydrogens is 456 g/mol. The van der Waals surface area contributed by atoms with E-state index >= 15 is 0 Å². The topological polar surface area (TPSA) is 110 Å². The van der Waals surface area contributed by atoms with Crippen molar-refractivity contribution in [2.24, 2.45) is 0 Å². The van der Waals surface area contributed by atoms with Crippen molar-refractivity contribution in [1.29, 1.82) is 0 Å². The zero-order valence-corrected chi connectivity index (χ0v) is 18.8. The highest BCUT2D eigenvalue weighted by atomic mass is 32.2. The second-order valence-electron chi connectivity index (χ2n) is 7.01. The summed E-state index contributed by atoms with van der Waals surface area (Å²) < 4.78 is 61.7. The predicted molar refractivity (Wildman–Crippen MR) is 118 cm³/mol. The van der Waals surface area contributed by atoms with Gasteiger partial charge in [-0.1, -0.05) is 25.1 Å². The van der Waals surface area contributed by atoms with Gasteiger partial charge < -0.3 is 9.15 Å². The van der Waals surface area contributed by atoms with E-state index in [-0.39, 0.29) is 5.89 Å². The lowest BCUT2D eigenvalue weighted by atomic mass is 10.3. The molecule has 4 rings (SSSR count). The number of anilines is 1. The Hall–Kier alpha value is -2.96. The van der Waals surface area contributed by atoms with Gasteiger partial charge in [0.25, 0.3) is 5.89 Å². The number of hydrogen-bond donors (Lipinski definition) is 1. The molecule has 1 aromatic carbocycles. The third-order valence-electron chi connectivity index (χ3n) is 4.73. The molecule has 12 heteroatoms. The maximum atomic E-state index is 12.4. The first-order valence-corrected chi connectivity index (χ1v) is 11.9. The number of aromatic nitrogens is 3. The molecular formula is C21H25F2N5O4S. The maximum Gasteiger partial charge on any atom is 0.314 e. The minimum absolute atomic E-state index is 0.0494. The molecule has 0 spiro atoms. The quantitative estimate of drug-likeness (QED) is 0.545. The summed E-state index contributed by atoms with van der Waals surface area (Å²) in [6.07, 6.45) is 0.839. The van der Waals surface area contributed by atoms with Crippen molar-refractivity contribution in [2.45, 2.75) is 25.1 Å². The van der Waals surface area contributed by atoms with Gasteiger partial charge in [0.05, 0.1) is 18.8 Å². The van der Waals surface area contributed by atoms with E-state index in [2.05, 4.69) is 19.9 Å². The van der Waals surface area contributed by atoms with Crippen LogP contribution in [0.15, 0.2) is 59.3 Å². The van der Waals surface area contributed by atoms with Crippen LogP contribution in [0.4, 0.5) is 14.5 Å². The highest BCUT2D eigenvalue weighted by molar-refractivity contribution is 7.93. The SMILES string of the molecule is CCC(N1CCOCC1)S(=O)(=O)Nc1ccccc1.FC(F)c1nnc(-c2cccnc2)o1. The van der Waals surface area contributed by atoms with Crippen LogP contribution >= 0.6 is 0 Å². The molecule has 1 atom stereocenters. The molecule has 178 valence electrons. The molecule has 0 radical (unpaired) electrons. The number of para-hydroxylation sites is 1. The minimum Gasteiger partial charge on any atom is -0.415 e. The van der Waals surface area contributed by atoms with Crippen molar-refractivity contribution < 1.29 is 26.4 Å². The Morgan fingerprint density at radius 2 is 1.82 bits per heavy atom. The van der Waals surface area contributed by atoms with Gasteiger partial charge in [0.1, 0.15) is 5.37 Å². The Morgan fingerprint density at radius 1 is 1.09 bits per heavy atom. The fourth-order valence-corrected chi connectivity index (χ4v) is 4.85. The average Bonchev–Trinajstić information content (AvgIpc) is 3.32. The predicted octanol–water partition coefficient (Wildman–Crippen LogP) is 3.57. The summed E-state index contributed by atoms with van der Waals surface area (Å²) >= 11 is 0. The van der Waals surface area contributed by atoms with E-state index in [1.54, 1.807) is 30.5 Å². The molecule has 0 bridgehead atoms. The first-order valence-electron chi connectivity index (χ1n) is 10.3.